The molecule has 2 aromatic heterocycles. The fraction of sp³-hybridized carbons (Fsp3) is 0.364. The lowest BCUT2D eigenvalue weighted by Gasteiger charge is -2.36. The van der Waals surface area contributed by atoms with Crippen molar-refractivity contribution >= 4 is 46.1 Å². The number of halogens is 2. The Morgan fingerprint density at radius 2 is 1.87 bits per heavy atom. The summed E-state index contributed by atoms with van der Waals surface area (Å²) in [5.41, 5.74) is 8.27. The number of hydrogen-bond donors (Lipinski definition) is 1. The van der Waals surface area contributed by atoms with Crippen molar-refractivity contribution in [1.29, 1.82) is 0 Å². The topological polar surface area (TPSA) is 70.1 Å². The summed E-state index contributed by atoms with van der Waals surface area (Å²) < 4.78 is 1.75. The first-order valence-corrected chi connectivity index (χ1v) is 11.2. The largest absolute Gasteiger partial charge is 0.368 e. The van der Waals surface area contributed by atoms with E-state index >= 15 is 0 Å². The molecular formula is C22H26Cl2N6O. The summed E-state index contributed by atoms with van der Waals surface area (Å²) >= 11 is 12.5. The molecule has 0 aliphatic carbocycles. The van der Waals surface area contributed by atoms with Crippen molar-refractivity contribution in [3.8, 4) is 0 Å². The van der Waals surface area contributed by atoms with Crippen molar-refractivity contribution < 1.29 is 4.79 Å². The molecule has 164 valence electrons. The van der Waals surface area contributed by atoms with E-state index in [1.54, 1.807) is 15.6 Å². The predicted octanol–water partition coefficient (Wildman–Crippen LogP) is 4.13. The Balaban J connectivity index is 1.26. The zero-order valence-electron chi connectivity index (χ0n) is 17.3. The molecule has 1 aliphatic heterocycles. The highest BCUT2D eigenvalue weighted by atomic mass is 35.5. The third kappa shape index (κ3) is 4.89. The van der Waals surface area contributed by atoms with Gasteiger partial charge in [-0.2, -0.15) is 5.10 Å². The van der Waals surface area contributed by atoms with Gasteiger partial charge < -0.3 is 10.6 Å². The highest BCUT2D eigenvalue weighted by Gasteiger charge is 2.20. The van der Waals surface area contributed by atoms with Crippen LogP contribution in [0.1, 0.15) is 12.8 Å². The van der Waals surface area contributed by atoms with E-state index in [-0.39, 0.29) is 0 Å². The van der Waals surface area contributed by atoms with Crippen molar-refractivity contribution in [2.45, 2.75) is 12.8 Å². The number of hydrogen-bond acceptors (Lipinski definition) is 4. The maximum atomic E-state index is 12.0. The van der Waals surface area contributed by atoms with Crippen molar-refractivity contribution in [2.75, 3.05) is 49.1 Å². The molecule has 0 radical (unpaired) electrons. The van der Waals surface area contributed by atoms with Crippen LogP contribution in [0.5, 0.6) is 0 Å². The molecule has 0 unspecified atom stereocenters. The third-order valence-electron chi connectivity index (χ3n) is 5.71. The number of benzene rings is 1. The number of nitrogens with two attached hydrogens (primary N) is 1. The number of piperazine rings is 1. The minimum atomic E-state index is -0.453. The lowest BCUT2D eigenvalue weighted by molar-refractivity contribution is 0.249. The summed E-state index contributed by atoms with van der Waals surface area (Å²) in [4.78, 5) is 18.4. The third-order valence-corrected chi connectivity index (χ3v) is 6.52. The van der Waals surface area contributed by atoms with Gasteiger partial charge in [0.2, 0.25) is 0 Å². The molecule has 0 atom stereocenters. The Morgan fingerprint density at radius 1 is 1.06 bits per heavy atom. The van der Waals surface area contributed by atoms with Crippen molar-refractivity contribution in [1.82, 2.24) is 14.5 Å². The summed E-state index contributed by atoms with van der Waals surface area (Å²) in [5.74, 6) is 0. The number of nitrogens with zero attached hydrogens (tertiary/aromatic N) is 5. The minimum absolute atomic E-state index is 0.453. The standard InChI is InChI=1S/C22H26Cl2N6O/c23-17-6-5-8-19(21(17)24)28-14-12-27(13-15-28)9-3-4-10-29(22(25)31)20-16-26-30-11-2-1-7-18(20)30/h1-2,5-8,11,16H,3-4,9-10,12-15H2,(H2,25,31). The molecule has 3 heterocycles. The Kier molecular flexibility index (Phi) is 6.85. The maximum absolute atomic E-state index is 12.0. The van der Waals surface area contributed by atoms with Gasteiger partial charge in [0, 0.05) is 38.9 Å². The Bertz CT molecular complexity index is 1050. The fourth-order valence-corrected chi connectivity index (χ4v) is 4.45. The summed E-state index contributed by atoms with van der Waals surface area (Å²) in [6.45, 7) is 5.32. The van der Waals surface area contributed by atoms with Gasteiger partial charge in [0.05, 0.1) is 33.1 Å². The van der Waals surface area contributed by atoms with Crippen LogP contribution in [-0.4, -0.2) is 59.8 Å². The summed E-state index contributed by atoms with van der Waals surface area (Å²) in [6.07, 6.45) is 5.41. The van der Waals surface area contributed by atoms with Gasteiger partial charge in [-0.1, -0.05) is 35.3 Å². The fourth-order valence-electron chi connectivity index (χ4n) is 4.03. The number of pyridine rings is 1. The van der Waals surface area contributed by atoms with Crippen LogP contribution in [-0.2, 0) is 0 Å². The number of aromatic nitrogens is 2. The first kappa shape index (κ1) is 21.7. The predicted molar refractivity (Wildman–Crippen MR) is 126 cm³/mol. The molecule has 2 N–H and O–H groups in total. The summed E-state index contributed by atoms with van der Waals surface area (Å²) in [7, 11) is 0. The zero-order valence-corrected chi connectivity index (χ0v) is 18.8. The maximum Gasteiger partial charge on any atom is 0.319 e. The highest BCUT2D eigenvalue weighted by molar-refractivity contribution is 6.43. The highest BCUT2D eigenvalue weighted by Crippen LogP contribution is 2.32. The molecule has 7 nitrogen and oxygen atoms in total. The lowest BCUT2D eigenvalue weighted by Crippen LogP contribution is -2.46. The number of amides is 2. The SMILES string of the molecule is NC(=O)N(CCCCN1CCN(c2cccc(Cl)c2Cl)CC1)c1cnn2ccccc12. The lowest BCUT2D eigenvalue weighted by atomic mass is 10.2. The Morgan fingerprint density at radius 3 is 2.65 bits per heavy atom. The number of carbonyl (C=O) groups excluding carboxylic acids is 1. The van der Waals surface area contributed by atoms with Crippen LogP contribution in [0.25, 0.3) is 5.52 Å². The average molecular weight is 461 g/mol. The van der Waals surface area contributed by atoms with Gasteiger partial charge in [-0.15, -0.1) is 0 Å². The van der Waals surface area contributed by atoms with Gasteiger partial charge in [0.15, 0.2) is 0 Å². The Labute approximate surface area is 191 Å². The van der Waals surface area contributed by atoms with Gasteiger partial charge in [0.1, 0.15) is 0 Å². The zero-order chi connectivity index (χ0) is 21.8. The first-order valence-electron chi connectivity index (χ1n) is 10.5. The van der Waals surface area contributed by atoms with Crippen LogP contribution in [0.15, 0.2) is 48.8 Å². The monoisotopic (exact) mass is 460 g/mol. The number of rotatable bonds is 7. The van der Waals surface area contributed by atoms with Crippen LogP contribution in [0, 0.1) is 0 Å². The van der Waals surface area contributed by atoms with Crippen LogP contribution < -0.4 is 15.5 Å². The van der Waals surface area contributed by atoms with Gasteiger partial charge in [-0.25, -0.2) is 9.31 Å². The van der Waals surface area contributed by atoms with Gasteiger partial charge in [0.25, 0.3) is 0 Å². The molecule has 0 spiro atoms. The van der Waals surface area contributed by atoms with Crippen molar-refractivity contribution in [3.05, 3.63) is 58.8 Å². The molecule has 31 heavy (non-hydrogen) atoms. The molecule has 1 fully saturated rings. The second kappa shape index (κ2) is 9.77. The van der Waals surface area contributed by atoms with Crippen molar-refractivity contribution in [2.24, 2.45) is 5.73 Å². The van der Waals surface area contributed by atoms with E-state index in [0.29, 0.717) is 16.6 Å². The quantitative estimate of drug-likeness (QED) is 0.538. The molecule has 1 saturated heterocycles. The molecule has 2 amide bonds. The van der Waals surface area contributed by atoms with E-state index in [1.807, 2.05) is 42.6 Å². The first-order chi connectivity index (χ1) is 15.0. The second-order valence-corrected chi connectivity index (χ2v) is 8.44. The number of anilines is 2. The number of unbranched alkanes of at least 4 members (excludes halogenated alkanes) is 1. The number of urea groups is 1. The van der Waals surface area contributed by atoms with Gasteiger partial charge >= 0.3 is 6.03 Å². The normalized spacial score (nSPS) is 14.8. The van der Waals surface area contributed by atoms with Crippen LogP contribution >= 0.6 is 23.2 Å². The number of carbonyl (C=O) groups is 1. The minimum Gasteiger partial charge on any atom is -0.368 e. The van der Waals surface area contributed by atoms with Gasteiger partial charge in [-0.05, 0) is 43.7 Å². The van der Waals surface area contributed by atoms with E-state index in [0.717, 1.165) is 62.5 Å². The van der Waals surface area contributed by atoms with E-state index in [2.05, 4.69) is 14.9 Å². The van der Waals surface area contributed by atoms with E-state index in [4.69, 9.17) is 28.9 Å². The molecule has 1 aromatic carbocycles. The van der Waals surface area contributed by atoms with Crippen LogP contribution in [0.3, 0.4) is 0 Å². The van der Waals surface area contributed by atoms with Gasteiger partial charge in [-0.3, -0.25) is 9.80 Å². The van der Waals surface area contributed by atoms with Crippen molar-refractivity contribution in [3.63, 3.8) is 0 Å². The second-order valence-electron chi connectivity index (χ2n) is 7.66. The van der Waals surface area contributed by atoms with Crippen LogP contribution in [0.4, 0.5) is 16.2 Å². The molecule has 9 heteroatoms. The smallest absolute Gasteiger partial charge is 0.319 e. The van der Waals surface area contributed by atoms with E-state index in [9.17, 15) is 4.79 Å². The van der Waals surface area contributed by atoms with E-state index < -0.39 is 6.03 Å². The number of fused-ring (bicyclic) bond motifs is 1. The molecular weight excluding hydrogens is 435 g/mol. The van der Waals surface area contributed by atoms with E-state index in [1.165, 1.54) is 0 Å². The molecule has 1 aliphatic rings. The summed E-state index contributed by atoms with van der Waals surface area (Å²) in [5, 5.41) is 5.52. The molecule has 4 rings (SSSR count). The Hall–Kier alpha value is -2.48. The molecule has 0 bridgehead atoms. The summed E-state index contributed by atoms with van der Waals surface area (Å²) in [6, 6.07) is 11.1. The number of primary amides is 1. The molecule has 0 saturated carbocycles. The molecule has 3 aromatic rings. The average Bonchev–Trinajstić information content (AvgIpc) is 3.20. The van der Waals surface area contributed by atoms with Crippen LogP contribution in [0.2, 0.25) is 10.0 Å².